The SMILES string of the molecule is CCN(Cc1nc2ccccc2c(=O)[nH]1)C(=O)c1cc(C(C)=O)c[nH]1. The third kappa shape index (κ3) is 3.35. The van der Waals surface area contributed by atoms with Gasteiger partial charge in [0, 0.05) is 18.3 Å². The molecular weight excluding hydrogens is 320 g/mol. The van der Waals surface area contributed by atoms with Crippen LogP contribution in [0.5, 0.6) is 0 Å². The standard InChI is InChI=1S/C18H18N4O3/c1-3-22(18(25)15-8-12(9-19-15)11(2)23)10-16-20-14-7-5-4-6-13(14)17(24)21-16/h4-9,19H,3,10H2,1-2H3,(H,20,21,24). The van der Waals surface area contributed by atoms with E-state index in [0.717, 1.165) is 0 Å². The number of carbonyl (C=O) groups excluding carboxylic acids is 2. The number of para-hydroxylation sites is 1. The first-order valence-corrected chi connectivity index (χ1v) is 7.96. The highest BCUT2D eigenvalue weighted by molar-refractivity contribution is 5.99. The number of hydrogen-bond acceptors (Lipinski definition) is 4. The van der Waals surface area contributed by atoms with Crippen molar-refractivity contribution in [2.45, 2.75) is 20.4 Å². The van der Waals surface area contributed by atoms with Gasteiger partial charge in [0.15, 0.2) is 5.78 Å². The molecule has 0 saturated carbocycles. The van der Waals surface area contributed by atoms with Crippen molar-refractivity contribution in [3.8, 4) is 0 Å². The zero-order valence-electron chi connectivity index (χ0n) is 14.0. The van der Waals surface area contributed by atoms with Gasteiger partial charge in [-0.15, -0.1) is 0 Å². The Bertz CT molecular complexity index is 1000. The van der Waals surface area contributed by atoms with Gasteiger partial charge in [-0.3, -0.25) is 14.4 Å². The van der Waals surface area contributed by atoms with Crippen molar-refractivity contribution >= 4 is 22.6 Å². The number of aromatic nitrogens is 3. The highest BCUT2D eigenvalue weighted by Crippen LogP contribution is 2.11. The summed E-state index contributed by atoms with van der Waals surface area (Å²) in [6, 6.07) is 8.58. The lowest BCUT2D eigenvalue weighted by Crippen LogP contribution is -2.32. The topological polar surface area (TPSA) is 98.9 Å². The molecule has 0 aliphatic carbocycles. The van der Waals surface area contributed by atoms with Crippen LogP contribution in [0, 0.1) is 0 Å². The molecule has 128 valence electrons. The molecule has 3 aromatic rings. The summed E-state index contributed by atoms with van der Waals surface area (Å²) in [6.45, 7) is 3.89. The molecule has 0 spiro atoms. The smallest absolute Gasteiger partial charge is 0.270 e. The van der Waals surface area contributed by atoms with Crippen LogP contribution in [0.1, 0.15) is 40.5 Å². The van der Waals surface area contributed by atoms with Crippen molar-refractivity contribution in [1.82, 2.24) is 19.9 Å². The molecule has 7 heteroatoms. The number of aromatic amines is 2. The molecule has 0 atom stereocenters. The fraction of sp³-hybridized carbons (Fsp3) is 0.222. The first-order chi connectivity index (χ1) is 12.0. The predicted molar refractivity (Wildman–Crippen MR) is 93.6 cm³/mol. The zero-order chi connectivity index (χ0) is 18.0. The normalized spacial score (nSPS) is 10.8. The summed E-state index contributed by atoms with van der Waals surface area (Å²) in [5.74, 6) is 0.0435. The maximum absolute atomic E-state index is 12.6. The molecule has 0 aliphatic rings. The molecule has 3 rings (SSSR count). The van der Waals surface area contributed by atoms with Crippen molar-refractivity contribution in [3.63, 3.8) is 0 Å². The number of rotatable bonds is 5. The van der Waals surface area contributed by atoms with Crippen molar-refractivity contribution in [1.29, 1.82) is 0 Å². The van der Waals surface area contributed by atoms with E-state index in [4.69, 9.17) is 0 Å². The highest BCUT2D eigenvalue weighted by Gasteiger charge is 2.18. The van der Waals surface area contributed by atoms with Crippen LogP contribution >= 0.6 is 0 Å². The quantitative estimate of drug-likeness (QED) is 0.696. The number of ketones is 1. The van der Waals surface area contributed by atoms with E-state index in [-0.39, 0.29) is 23.8 Å². The van der Waals surface area contributed by atoms with E-state index in [9.17, 15) is 14.4 Å². The van der Waals surface area contributed by atoms with E-state index in [1.54, 1.807) is 23.1 Å². The lowest BCUT2D eigenvalue weighted by molar-refractivity contribution is 0.0743. The summed E-state index contributed by atoms with van der Waals surface area (Å²) in [7, 11) is 0. The zero-order valence-corrected chi connectivity index (χ0v) is 14.0. The molecule has 2 heterocycles. The molecule has 0 fully saturated rings. The Morgan fingerprint density at radius 1 is 1.24 bits per heavy atom. The number of amides is 1. The number of nitrogens with one attached hydrogen (secondary N) is 2. The maximum atomic E-state index is 12.6. The Kier molecular flexibility index (Phi) is 4.47. The molecule has 0 unspecified atom stereocenters. The summed E-state index contributed by atoms with van der Waals surface area (Å²) in [5, 5.41) is 0.510. The van der Waals surface area contributed by atoms with E-state index >= 15 is 0 Å². The first kappa shape index (κ1) is 16.6. The van der Waals surface area contributed by atoms with Crippen LogP contribution in [-0.2, 0) is 6.54 Å². The number of H-pyrrole nitrogens is 2. The average Bonchev–Trinajstić information content (AvgIpc) is 3.09. The lowest BCUT2D eigenvalue weighted by Gasteiger charge is -2.19. The Labute approximate surface area is 143 Å². The summed E-state index contributed by atoms with van der Waals surface area (Å²) >= 11 is 0. The van der Waals surface area contributed by atoms with Gasteiger partial charge in [-0.05, 0) is 32.0 Å². The second kappa shape index (κ2) is 6.72. The van der Waals surface area contributed by atoms with E-state index in [0.29, 0.717) is 34.5 Å². The molecule has 1 aromatic carbocycles. The molecule has 0 bridgehead atoms. The minimum absolute atomic E-state index is 0.112. The number of carbonyl (C=O) groups is 2. The van der Waals surface area contributed by atoms with Crippen LogP contribution in [0.4, 0.5) is 0 Å². The second-order valence-corrected chi connectivity index (χ2v) is 5.71. The summed E-state index contributed by atoms with van der Waals surface area (Å²) in [6.07, 6.45) is 1.51. The van der Waals surface area contributed by atoms with Gasteiger partial charge in [0.1, 0.15) is 11.5 Å². The minimum atomic E-state index is -0.259. The van der Waals surface area contributed by atoms with E-state index in [1.807, 2.05) is 13.0 Å². The fourth-order valence-corrected chi connectivity index (χ4v) is 2.61. The summed E-state index contributed by atoms with van der Waals surface area (Å²) < 4.78 is 0. The molecule has 7 nitrogen and oxygen atoms in total. The van der Waals surface area contributed by atoms with Crippen molar-refractivity contribution in [2.24, 2.45) is 0 Å². The first-order valence-electron chi connectivity index (χ1n) is 7.96. The van der Waals surface area contributed by atoms with Crippen molar-refractivity contribution in [2.75, 3.05) is 6.54 Å². The van der Waals surface area contributed by atoms with Crippen molar-refractivity contribution < 1.29 is 9.59 Å². The van der Waals surface area contributed by atoms with E-state index < -0.39 is 0 Å². The molecule has 1 amide bonds. The van der Waals surface area contributed by atoms with Crippen LogP contribution in [-0.4, -0.2) is 38.1 Å². The van der Waals surface area contributed by atoms with Gasteiger partial charge >= 0.3 is 0 Å². The van der Waals surface area contributed by atoms with Crippen LogP contribution in [0.25, 0.3) is 10.9 Å². The summed E-state index contributed by atoms with van der Waals surface area (Å²) in [4.78, 5) is 47.7. The summed E-state index contributed by atoms with van der Waals surface area (Å²) in [5.41, 5.74) is 1.14. The molecule has 0 aliphatic heterocycles. The number of benzene rings is 1. The maximum Gasteiger partial charge on any atom is 0.270 e. The number of fused-ring (bicyclic) bond motifs is 1. The Balaban J connectivity index is 1.87. The lowest BCUT2D eigenvalue weighted by atomic mass is 10.2. The largest absolute Gasteiger partial charge is 0.356 e. The number of Topliss-reactive ketones (excluding diaryl/α,β-unsaturated/α-hetero) is 1. The van der Waals surface area contributed by atoms with Crippen LogP contribution in [0.15, 0.2) is 41.3 Å². The monoisotopic (exact) mass is 338 g/mol. The van der Waals surface area contributed by atoms with E-state index in [2.05, 4.69) is 15.0 Å². The second-order valence-electron chi connectivity index (χ2n) is 5.71. The minimum Gasteiger partial charge on any atom is -0.356 e. The molecular formula is C18H18N4O3. The van der Waals surface area contributed by atoms with Crippen LogP contribution in [0.2, 0.25) is 0 Å². The molecule has 0 saturated heterocycles. The van der Waals surface area contributed by atoms with Gasteiger partial charge in [-0.2, -0.15) is 0 Å². The average molecular weight is 338 g/mol. The molecule has 2 aromatic heterocycles. The van der Waals surface area contributed by atoms with E-state index in [1.165, 1.54) is 19.2 Å². The third-order valence-corrected chi connectivity index (χ3v) is 3.99. The Morgan fingerprint density at radius 2 is 2.00 bits per heavy atom. The number of hydrogen-bond donors (Lipinski definition) is 2. The van der Waals surface area contributed by atoms with Gasteiger partial charge in [0.25, 0.3) is 11.5 Å². The predicted octanol–water partition coefficient (Wildman–Crippen LogP) is 2.12. The van der Waals surface area contributed by atoms with Gasteiger partial charge in [-0.1, -0.05) is 12.1 Å². The van der Waals surface area contributed by atoms with Gasteiger partial charge in [0.05, 0.1) is 17.4 Å². The van der Waals surface area contributed by atoms with Crippen LogP contribution < -0.4 is 5.56 Å². The van der Waals surface area contributed by atoms with Gasteiger partial charge in [-0.25, -0.2) is 4.98 Å². The third-order valence-electron chi connectivity index (χ3n) is 3.99. The molecule has 0 radical (unpaired) electrons. The highest BCUT2D eigenvalue weighted by atomic mass is 16.2. The van der Waals surface area contributed by atoms with Gasteiger partial charge < -0.3 is 14.9 Å². The van der Waals surface area contributed by atoms with Gasteiger partial charge in [0.2, 0.25) is 0 Å². The number of nitrogens with zero attached hydrogens (tertiary/aromatic N) is 2. The van der Waals surface area contributed by atoms with Crippen LogP contribution in [0.3, 0.4) is 0 Å². The molecule has 25 heavy (non-hydrogen) atoms. The Morgan fingerprint density at radius 3 is 2.68 bits per heavy atom. The Hall–Kier alpha value is -3.22. The fourth-order valence-electron chi connectivity index (χ4n) is 2.61. The van der Waals surface area contributed by atoms with Crippen molar-refractivity contribution in [3.05, 3.63) is 64.0 Å². The molecule has 2 N–H and O–H groups in total.